The number of hydrogen-bond donors (Lipinski definition) is 1. The van der Waals surface area contributed by atoms with Gasteiger partial charge in [-0.3, -0.25) is 9.59 Å². The molecule has 2 amide bonds. The molecular formula is C26H28N2O4. The van der Waals surface area contributed by atoms with Crippen LogP contribution in [0.3, 0.4) is 0 Å². The Hall–Kier alpha value is -3.80. The molecule has 3 aromatic rings. The van der Waals surface area contributed by atoms with E-state index < -0.39 is 6.04 Å². The molecule has 166 valence electrons. The molecule has 0 fully saturated rings. The van der Waals surface area contributed by atoms with Gasteiger partial charge in [-0.1, -0.05) is 72.8 Å². The smallest absolute Gasteiger partial charge is 0.261 e. The Bertz CT molecular complexity index is 1010. The Kier molecular flexibility index (Phi) is 8.26. The van der Waals surface area contributed by atoms with Crippen molar-refractivity contribution in [2.24, 2.45) is 0 Å². The Morgan fingerprint density at radius 1 is 0.844 bits per heavy atom. The van der Waals surface area contributed by atoms with Crippen LogP contribution in [-0.2, 0) is 22.6 Å². The van der Waals surface area contributed by atoms with E-state index in [0.29, 0.717) is 24.5 Å². The van der Waals surface area contributed by atoms with Crippen LogP contribution < -0.4 is 14.8 Å². The van der Waals surface area contributed by atoms with Crippen molar-refractivity contribution in [2.45, 2.75) is 19.0 Å². The van der Waals surface area contributed by atoms with Crippen molar-refractivity contribution in [3.05, 3.63) is 96.1 Å². The molecule has 0 spiro atoms. The lowest BCUT2D eigenvalue weighted by Crippen LogP contribution is -2.51. The highest BCUT2D eigenvalue weighted by Crippen LogP contribution is 2.26. The van der Waals surface area contributed by atoms with Crippen LogP contribution in [0.1, 0.15) is 11.1 Å². The molecule has 0 saturated heterocycles. The van der Waals surface area contributed by atoms with Gasteiger partial charge in [0.25, 0.3) is 5.91 Å². The van der Waals surface area contributed by atoms with Crippen LogP contribution in [0.4, 0.5) is 0 Å². The van der Waals surface area contributed by atoms with Gasteiger partial charge < -0.3 is 19.7 Å². The summed E-state index contributed by atoms with van der Waals surface area (Å²) in [5, 5.41) is 2.70. The van der Waals surface area contributed by atoms with Crippen molar-refractivity contribution in [2.75, 3.05) is 20.8 Å². The predicted octanol–water partition coefficient (Wildman–Crippen LogP) is 3.46. The maximum absolute atomic E-state index is 13.4. The van der Waals surface area contributed by atoms with E-state index in [4.69, 9.17) is 9.47 Å². The molecule has 0 aliphatic rings. The van der Waals surface area contributed by atoms with Crippen molar-refractivity contribution < 1.29 is 19.1 Å². The molecule has 0 bridgehead atoms. The Morgan fingerprint density at radius 3 is 2.00 bits per heavy atom. The van der Waals surface area contributed by atoms with Crippen LogP contribution >= 0.6 is 0 Å². The number of amides is 2. The van der Waals surface area contributed by atoms with Crippen LogP contribution in [0.2, 0.25) is 0 Å². The monoisotopic (exact) mass is 432 g/mol. The Morgan fingerprint density at radius 2 is 1.41 bits per heavy atom. The lowest BCUT2D eigenvalue weighted by Gasteiger charge is -2.31. The fourth-order valence-electron chi connectivity index (χ4n) is 3.46. The van der Waals surface area contributed by atoms with E-state index >= 15 is 0 Å². The molecule has 1 atom stereocenters. The van der Waals surface area contributed by atoms with Gasteiger partial charge in [0.15, 0.2) is 18.1 Å². The van der Waals surface area contributed by atoms with Gasteiger partial charge in [0.05, 0.1) is 7.11 Å². The average Bonchev–Trinajstić information content (AvgIpc) is 2.85. The second-order valence-electron chi connectivity index (χ2n) is 7.27. The molecule has 3 aromatic carbocycles. The number of likely N-dealkylation sites (N-methyl/N-ethyl adjacent to an activating group) is 1. The van der Waals surface area contributed by atoms with Crippen LogP contribution in [0.15, 0.2) is 84.9 Å². The van der Waals surface area contributed by atoms with Crippen molar-refractivity contribution in [3.63, 3.8) is 0 Å². The predicted molar refractivity (Wildman–Crippen MR) is 123 cm³/mol. The van der Waals surface area contributed by atoms with Gasteiger partial charge >= 0.3 is 0 Å². The highest BCUT2D eigenvalue weighted by atomic mass is 16.5. The van der Waals surface area contributed by atoms with Gasteiger partial charge in [-0.2, -0.15) is 0 Å². The van der Waals surface area contributed by atoms with E-state index in [2.05, 4.69) is 5.32 Å². The number of carbonyl (C=O) groups is 2. The molecule has 1 N–H and O–H groups in total. The number of benzene rings is 3. The van der Waals surface area contributed by atoms with Gasteiger partial charge in [-0.15, -0.1) is 0 Å². The van der Waals surface area contributed by atoms with Gasteiger partial charge in [-0.25, -0.2) is 0 Å². The molecule has 0 aliphatic carbocycles. The van der Waals surface area contributed by atoms with Gasteiger partial charge in [0.1, 0.15) is 6.04 Å². The van der Waals surface area contributed by atoms with Crippen LogP contribution in [0.25, 0.3) is 0 Å². The zero-order valence-corrected chi connectivity index (χ0v) is 18.4. The summed E-state index contributed by atoms with van der Waals surface area (Å²) in [6.45, 7) is 0.0787. The van der Waals surface area contributed by atoms with E-state index in [9.17, 15) is 9.59 Å². The number of hydrogen-bond acceptors (Lipinski definition) is 4. The largest absolute Gasteiger partial charge is 0.493 e. The molecule has 0 saturated carbocycles. The van der Waals surface area contributed by atoms with Crippen LogP contribution in [0.5, 0.6) is 11.5 Å². The second kappa shape index (κ2) is 11.6. The molecule has 0 radical (unpaired) electrons. The minimum atomic E-state index is -0.684. The first-order chi connectivity index (χ1) is 15.6. The molecule has 6 nitrogen and oxygen atoms in total. The SMILES string of the molecule is CNC(=O)[C@@H](Cc1ccccc1)N(Cc1ccccc1)C(=O)COc1ccccc1OC. The van der Waals surface area contributed by atoms with Crippen molar-refractivity contribution in [1.82, 2.24) is 10.2 Å². The highest BCUT2D eigenvalue weighted by Gasteiger charge is 2.30. The van der Waals surface area contributed by atoms with Gasteiger partial charge in [0, 0.05) is 20.0 Å². The van der Waals surface area contributed by atoms with E-state index in [1.165, 1.54) is 0 Å². The third kappa shape index (κ3) is 6.11. The lowest BCUT2D eigenvalue weighted by molar-refractivity contribution is -0.142. The topological polar surface area (TPSA) is 67.9 Å². The average molecular weight is 433 g/mol. The van der Waals surface area contributed by atoms with Gasteiger partial charge in [-0.05, 0) is 23.3 Å². The number of nitrogens with one attached hydrogen (secondary N) is 1. The molecule has 0 aromatic heterocycles. The first-order valence-corrected chi connectivity index (χ1v) is 10.5. The standard InChI is InChI=1S/C26H28N2O4/c1-27-26(30)22(17-20-11-5-3-6-12-20)28(18-21-13-7-4-8-14-21)25(29)19-32-24-16-10-9-15-23(24)31-2/h3-16,22H,17-19H2,1-2H3,(H,27,30)/t22-/m1/s1. The summed E-state index contributed by atoms with van der Waals surface area (Å²) in [5.41, 5.74) is 1.90. The number of para-hydroxylation sites is 2. The summed E-state index contributed by atoms with van der Waals surface area (Å²) in [6, 6.07) is 25.7. The summed E-state index contributed by atoms with van der Waals surface area (Å²) in [6.07, 6.45) is 0.397. The Balaban J connectivity index is 1.86. The number of ether oxygens (including phenoxy) is 2. The number of rotatable bonds is 10. The van der Waals surface area contributed by atoms with Gasteiger partial charge in [0.2, 0.25) is 5.91 Å². The molecule has 0 unspecified atom stereocenters. The summed E-state index contributed by atoms with van der Waals surface area (Å²) in [4.78, 5) is 27.8. The first kappa shape index (κ1) is 22.9. The van der Waals surface area contributed by atoms with Crippen molar-refractivity contribution in [3.8, 4) is 11.5 Å². The third-order valence-corrected chi connectivity index (χ3v) is 5.13. The summed E-state index contributed by atoms with van der Waals surface area (Å²) >= 11 is 0. The third-order valence-electron chi connectivity index (χ3n) is 5.13. The summed E-state index contributed by atoms with van der Waals surface area (Å²) in [7, 11) is 3.13. The fraction of sp³-hybridized carbons (Fsp3) is 0.231. The molecule has 0 aliphatic heterocycles. The number of methoxy groups -OCH3 is 1. The minimum absolute atomic E-state index is 0.213. The quantitative estimate of drug-likeness (QED) is 0.533. The molecular weight excluding hydrogens is 404 g/mol. The molecule has 0 heterocycles. The lowest BCUT2D eigenvalue weighted by atomic mass is 10.0. The summed E-state index contributed by atoms with van der Waals surface area (Å²) in [5.74, 6) is 0.504. The van der Waals surface area contributed by atoms with E-state index in [-0.39, 0.29) is 18.4 Å². The highest BCUT2D eigenvalue weighted by molar-refractivity contribution is 5.88. The van der Waals surface area contributed by atoms with Crippen molar-refractivity contribution >= 4 is 11.8 Å². The number of nitrogens with zero attached hydrogens (tertiary/aromatic N) is 1. The van der Waals surface area contributed by atoms with E-state index in [1.54, 1.807) is 31.2 Å². The minimum Gasteiger partial charge on any atom is -0.493 e. The van der Waals surface area contributed by atoms with Crippen LogP contribution in [0, 0.1) is 0 Å². The van der Waals surface area contributed by atoms with Crippen LogP contribution in [-0.4, -0.2) is 43.5 Å². The maximum atomic E-state index is 13.4. The van der Waals surface area contributed by atoms with E-state index in [1.807, 2.05) is 72.8 Å². The first-order valence-electron chi connectivity index (χ1n) is 10.5. The van der Waals surface area contributed by atoms with Crippen molar-refractivity contribution in [1.29, 1.82) is 0 Å². The fourth-order valence-corrected chi connectivity index (χ4v) is 3.46. The zero-order valence-electron chi connectivity index (χ0n) is 18.4. The zero-order chi connectivity index (χ0) is 22.8. The summed E-state index contributed by atoms with van der Waals surface area (Å²) < 4.78 is 11.1. The molecule has 32 heavy (non-hydrogen) atoms. The van der Waals surface area contributed by atoms with E-state index in [0.717, 1.165) is 11.1 Å². The Labute approximate surface area is 188 Å². The molecule has 3 rings (SSSR count). The number of carbonyl (C=O) groups excluding carboxylic acids is 2. The maximum Gasteiger partial charge on any atom is 0.261 e. The normalized spacial score (nSPS) is 11.3. The molecule has 6 heteroatoms. The second-order valence-corrected chi connectivity index (χ2v) is 7.27.